The maximum absolute atomic E-state index is 13.7. The summed E-state index contributed by atoms with van der Waals surface area (Å²) in [4.78, 5) is 25.4. The quantitative estimate of drug-likeness (QED) is 0.862. The molecule has 1 saturated heterocycles. The van der Waals surface area contributed by atoms with E-state index in [-0.39, 0.29) is 11.5 Å². The molecule has 3 rings (SSSR count). The van der Waals surface area contributed by atoms with E-state index in [4.69, 9.17) is 5.11 Å². The fourth-order valence-corrected chi connectivity index (χ4v) is 3.19. The summed E-state index contributed by atoms with van der Waals surface area (Å²) in [6, 6.07) is 13.3. The van der Waals surface area contributed by atoms with Crippen LogP contribution < -0.4 is 5.32 Å². The third-order valence-corrected chi connectivity index (χ3v) is 4.65. The zero-order valence-corrected chi connectivity index (χ0v) is 14.3. The van der Waals surface area contributed by atoms with Crippen molar-refractivity contribution in [2.45, 2.75) is 19.4 Å². The van der Waals surface area contributed by atoms with Crippen molar-refractivity contribution >= 4 is 17.6 Å². The molecule has 0 radical (unpaired) electrons. The molecule has 26 heavy (non-hydrogen) atoms. The minimum Gasteiger partial charge on any atom is -0.481 e. The Bertz CT molecular complexity index is 801. The zero-order chi connectivity index (χ0) is 18.5. The smallest absolute Gasteiger partial charge is 0.306 e. The van der Waals surface area contributed by atoms with Crippen LogP contribution in [0.5, 0.6) is 0 Å². The molecule has 0 saturated carbocycles. The van der Waals surface area contributed by atoms with Crippen LogP contribution in [0, 0.1) is 11.7 Å². The zero-order valence-electron chi connectivity index (χ0n) is 14.3. The van der Waals surface area contributed by atoms with Crippen molar-refractivity contribution < 1.29 is 19.1 Å². The highest BCUT2D eigenvalue weighted by Crippen LogP contribution is 2.20. The largest absolute Gasteiger partial charge is 0.481 e. The Morgan fingerprint density at radius 3 is 2.54 bits per heavy atom. The summed E-state index contributed by atoms with van der Waals surface area (Å²) in [5, 5.41) is 11.8. The maximum Gasteiger partial charge on any atom is 0.306 e. The molecule has 1 aliphatic rings. The molecule has 1 aliphatic heterocycles. The SMILES string of the molecule is O=C(Nc1cccc(CN2CCC(C(=O)O)CC2)c1)c1ccccc1F. The Hall–Kier alpha value is -2.73. The first kappa shape index (κ1) is 18.1. The van der Waals surface area contributed by atoms with Gasteiger partial charge in [-0.2, -0.15) is 0 Å². The number of nitrogens with one attached hydrogen (secondary N) is 1. The summed E-state index contributed by atoms with van der Waals surface area (Å²) < 4.78 is 13.7. The second kappa shape index (κ2) is 8.10. The number of carbonyl (C=O) groups excluding carboxylic acids is 1. The van der Waals surface area contributed by atoms with E-state index in [0.29, 0.717) is 25.1 Å². The van der Waals surface area contributed by atoms with Crippen LogP contribution in [0.15, 0.2) is 48.5 Å². The number of hydrogen-bond acceptors (Lipinski definition) is 3. The van der Waals surface area contributed by atoms with Crippen molar-refractivity contribution in [1.82, 2.24) is 4.90 Å². The topological polar surface area (TPSA) is 69.6 Å². The number of piperidine rings is 1. The third-order valence-electron chi connectivity index (χ3n) is 4.65. The highest BCUT2D eigenvalue weighted by molar-refractivity contribution is 6.04. The van der Waals surface area contributed by atoms with Gasteiger partial charge in [-0.1, -0.05) is 24.3 Å². The molecule has 5 nitrogen and oxygen atoms in total. The van der Waals surface area contributed by atoms with Gasteiger partial charge in [0.1, 0.15) is 5.82 Å². The number of benzene rings is 2. The number of carbonyl (C=O) groups is 2. The number of halogens is 1. The fourth-order valence-electron chi connectivity index (χ4n) is 3.19. The molecule has 1 heterocycles. The van der Waals surface area contributed by atoms with Crippen LogP contribution in [0.3, 0.4) is 0 Å². The summed E-state index contributed by atoms with van der Waals surface area (Å²) in [5.41, 5.74) is 1.63. The maximum atomic E-state index is 13.7. The first-order valence-corrected chi connectivity index (χ1v) is 8.63. The van der Waals surface area contributed by atoms with Crippen molar-refractivity contribution in [3.8, 4) is 0 Å². The van der Waals surface area contributed by atoms with E-state index in [1.165, 1.54) is 12.1 Å². The van der Waals surface area contributed by atoms with E-state index < -0.39 is 17.7 Å². The van der Waals surface area contributed by atoms with Gasteiger partial charge in [0.15, 0.2) is 0 Å². The fraction of sp³-hybridized carbons (Fsp3) is 0.300. The second-order valence-corrected chi connectivity index (χ2v) is 6.52. The van der Waals surface area contributed by atoms with E-state index in [1.807, 2.05) is 18.2 Å². The Kier molecular flexibility index (Phi) is 5.63. The number of amides is 1. The Morgan fingerprint density at radius 1 is 1.12 bits per heavy atom. The van der Waals surface area contributed by atoms with Gasteiger partial charge in [-0.3, -0.25) is 14.5 Å². The van der Waals surface area contributed by atoms with Gasteiger partial charge < -0.3 is 10.4 Å². The monoisotopic (exact) mass is 356 g/mol. The number of carboxylic acids is 1. The van der Waals surface area contributed by atoms with Crippen LogP contribution >= 0.6 is 0 Å². The van der Waals surface area contributed by atoms with E-state index in [2.05, 4.69) is 10.2 Å². The van der Waals surface area contributed by atoms with Crippen LogP contribution in [0.2, 0.25) is 0 Å². The van der Waals surface area contributed by atoms with E-state index in [1.54, 1.807) is 18.2 Å². The van der Waals surface area contributed by atoms with Gasteiger partial charge in [-0.05, 0) is 55.8 Å². The Labute approximate surface area is 151 Å². The predicted molar refractivity (Wildman–Crippen MR) is 96.4 cm³/mol. The molecule has 0 aromatic heterocycles. The van der Waals surface area contributed by atoms with Crippen LogP contribution in [0.1, 0.15) is 28.8 Å². The summed E-state index contributed by atoms with van der Waals surface area (Å²) in [6.45, 7) is 2.17. The van der Waals surface area contributed by atoms with Gasteiger partial charge in [-0.15, -0.1) is 0 Å². The molecule has 1 amide bonds. The molecule has 0 aliphatic carbocycles. The lowest BCUT2D eigenvalue weighted by molar-refractivity contribution is -0.143. The van der Waals surface area contributed by atoms with E-state index in [0.717, 1.165) is 18.7 Å². The molecule has 6 heteroatoms. The molecule has 0 bridgehead atoms. The Morgan fingerprint density at radius 2 is 1.85 bits per heavy atom. The molecule has 0 spiro atoms. The summed E-state index contributed by atoms with van der Waals surface area (Å²) in [6.07, 6.45) is 1.30. The van der Waals surface area contributed by atoms with Crippen molar-refractivity contribution in [2.24, 2.45) is 5.92 Å². The van der Waals surface area contributed by atoms with Gasteiger partial charge in [-0.25, -0.2) is 4.39 Å². The highest BCUT2D eigenvalue weighted by Gasteiger charge is 2.24. The van der Waals surface area contributed by atoms with Crippen molar-refractivity contribution in [3.05, 3.63) is 65.5 Å². The van der Waals surface area contributed by atoms with Crippen molar-refractivity contribution in [2.75, 3.05) is 18.4 Å². The summed E-state index contributed by atoms with van der Waals surface area (Å²) in [5.74, 6) is -2.01. The molecule has 1 fully saturated rings. The molecule has 0 atom stereocenters. The molecule has 2 aromatic carbocycles. The first-order valence-electron chi connectivity index (χ1n) is 8.63. The average molecular weight is 356 g/mol. The molecule has 2 aromatic rings. The lowest BCUT2D eigenvalue weighted by Crippen LogP contribution is -2.35. The molecular formula is C20H21FN2O3. The van der Waals surface area contributed by atoms with Gasteiger partial charge in [0, 0.05) is 12.2 Å². The number of carboxylic acid groups (broad SMARTS) is 1. The third kappa shape index (κ3) is 4.46. The van der Waals surface area contributed by atoms with Gasteiger partial charge in [0.25, 0.3) is 5.91 Å². The lowest BCUT2D eigenvalue weighted by Gasteiger charge is -2.30. The van der Waals surface area contributed by atoms with Gasteiger partial charge in [0.05, 0.1) is 11.5 Å². The van der Waals surface area contributed by atoms with Crippen LogP contribution in [-0.2, 0) is 11.3 Å². The molecular weight excluding hydrogens is 335 g/mol. The number of aliphatic carboxylic acids is 1. The number of nitrogens with zero attached hydrogens (tertiary/aromatic N) is 1. The van der Waals surface area contributed by atoms with Gasteiger partial charge in [0.2, 0.25) is 0 Å². The predicted octanol–water partition coefficient (Wildman–Crippen LogP) is 3.37. The van der Waals surface area contributed by atoms with Crippen molar-refractivity contribution in [3.63, 3.8) is 0 Å². The van der Waals surface area contributed by atoms with E-state index >= 15 is 0 Å². The van der Waals surface area contributed by atoms with E-state index in [9.17, 15) is 14.0 Å². The average Bonchev–Trinajstić information content (AvgIpc) is 2.63. The van der Waals surface area contributed by atoms with Gasteiger partial charge >= 0.3 is 5.97 Å². The highest BCUT2D eigenvalue weighted by atomic mass is 19.1. The van der Waals surface area contributed by atoms with Crippen molar-refractivity contribution in [1.29, 1.82) is 0 Å². The number of anilines is 1. The Balaban J connectivity index is 1.61. The van der Waals surface area contributed by atoms with Crippen LogP contribution in [0.25, 0.3) is 0 Å². The van der Waals surface area contributed by atoms with Crippen LogP contribution in [-0.4, -0.2) is 35.0 Å². The normalized spacial score (nSPS) is 15.6. The molecule has 0 unspecified atom stereocenters. The lowest BCUT2D eigenvalue weighted by atomic mass is 9.97. The number of likely N-dealkylation sites (tertiary alicyclic amines) is 1. The minimum absolute atomic E-state index is 0.00801. The summed E-state index contributed by atoms with van der Waals surface area (Å²) in [7, 11) is 0. The van der Waals surface area contributed by atoms with Crippen LogP contribution in [0.4, 0.5) is 10.1 Å². The standard InChI is InChI=1S/C20H21FN2O3/c21-18-7-2-1-6-17(18)19(24)22-16-5-3-4-14(12-16)13-23-10-8-15(9-11-23)20(25)26/h1-7,12,15H,8-11,13H2,(H,22,24)(H,25,26). The minimum atomic E-state index is -0.720. The number of rotatable bonds is 5. The molecule has 136 valence electrons. The first-order chi connectivity index (χ1) is 12.5. The second-order valence-electron chi connectivity index (χ2n) is 6.52. The molecule has 2 N–H and O–H groups in total. The number of hydrogen-bond donors (Lipinski definition) is 2. The summed E-state index contributed by atoms with van der Waals surface area (Å²) >= 11 is 0.